The van der Waals surface area contributed by atoms with Crippen molar-refractivity contribution in [2.24, 2.45) is 0 Å². The number of amides is 1. The van der Waals surface area contributed by atoms with Gasteiger partial charge in [-0.2, -0.15) is 13.2 Å². The molecule has 1 fully saturated rings. The fourth-order valence-electron chi connectivity index (χ4n) is 2.36. The zero-order valence-corrected chi connectivity index (χ0v) is 11.0. The molecule has 6 heteroatoms. The van der Waals surface area contributed by atoms with E-state index in [9.17, 15) is 23.1 Å². The van der Waals surface area contributed by atoms with Crippen molar-refractivity contribution in [3.8, 4) is 0 Å². The molecule has 0 atom stereocenters. The average molecular weight is 287 g/mol. The minimum Gasteiger partial charge on any atom is -0.380 e. The maximum Gasteiger partial charge on any atom is 0.416 e. The first kappa shape index (κ1) is 14.8. The van der Waals surface area contributed by atoms with Crippen LogP contribution in [0.1, 0.15) is 36.8 Å². The van der Waals surface area contributed by atoms with E-state index in [1.54, 1.807) is 6.92 Å². The zero-order chi connectivity index (χ0) is 15.0. The molecule has 0 spiro atoms. The molecule has 0 saturated heterocycles. The van der Waals surface area contributed by atoms with Gasteiger partial charge in [-0.05, 0) is 50.3 Å². The summed E-state index contributed by atoms with van der Waals surface area (Å²) in [7, 11) is 0. The number of nitrogens with one attached hydrogen (secondary N) is 1. The van der Waals surface area contributed by atoms with Crippen LogP contribution in [0.4, 0.5) is 18.9 Å². The number of anilines is 1. The number of carbonyl (C=O) groups is 1. The van der Waals surface area contributed by atoms with E-state index in [1.807, 2.05) is 0 Å². The number of halogens is 3. The molecule has 1 aromatic rings. The van der Waals surface area contributed by atoms with Crippen molar-refractivity contribution in [2.45, 2.75) is 44.4 Å². The van der Waals surface area contributed by atoms with Crippen LogP contribution in [-0.2, 0) is 11.0 Å². The van der Waals surface area contributed by atoms with Crippen LogP contribution in [0.25, 0.3) is 0 Å². The molecule has 2 N–H and O–H groups in total. The average Bonchev–Trinajstić information content (AvgIpc) is 2.79. The molecule has 0 unspecified atom stereocenters. The lowest BCUT2D eigenvalue weighted by Gasteiger charge is -2.22. The number of rotatable bonds is 2. The fraction of sp³-hybridized carbons (Fsp3) is 0.500. The Morgan fingerprint density at radius 2 is 1.90 bits per heavy atom. The first-order chi connectivity index (χ1) is 9.22. The van der Waals surface area contributed by atoms with Gasteiger partial charge in [-0.25, -0.2) is 0 Å². The molecule has 0 radical (unpaired) electrons. The standard InChI is InChI=1S/C14H16F3NO2/c1-9-4-5-10(14(15,16)17)8-11(9)18-12(19)13(20)6-2-3-7-13/h4-5,8,20H,2-3,6-7H2,1H3,(H,18,19). The minimum absolute atomic E-state index is 0.0881. The Hall–Kier alpha value is -1.56. The summed E-state index contributed by atoms with van der Waals surface area (Å²) in [5, 5.41) is 12.5. The topological polar surface area (TPSA) is 49.3 Å². The van der Waals surface area contributed by atoms with Crippen molar-refractivity contribution in [3.63, 3.8) is 0 Å². The molecule has 1 aliphatic carbocycles. The molecule has 1 saturated carbocycles. The molecule has 0 aliphatic heterocycles. The van der Waals surface area contributed by atoms with E-state index >= 15 is 0 Å². The molecule has 1 amide bonds. The highest BCUT2D eigenvalue weighted by Gasteiger charge is 2.39. The van der Waals surface area contributed by atoms with Crippen molar-refractivity contribution >= 4 is 11.6 Å². The van der Waals surface area contributed by atoms with Crippen molar-refractivity contribution in [2.75, 3.05) is 5.32 Å². The normalized spacial score (nSPS) is 18.1. The van der Waals surface area contributed by atoms with Crippen LogP contribution in [0.2, 0.25) is 0 Å². The van der Waals surface area contributed by atoms with Crippen LogP contribution in [0.15, 0.2) is 18.2 Å². The molecular weight excluding hydrogens is 271 g/mol. The van der Waals surface area contributed by atoms with Crippen LogP contribution in [0.3, 0.4) is 0 Å². The molecule has 0 heterocycles. The van der Waals surface area contributed by atoms with Crippen LogP contribution in [0.5, 0.6) is 0 Å². The molecule has 110 valence electrons. The zero-order valence-electron chi connectivity index (χ0n) is 11.0. The van der Waals surface area contributed by atoms with Gasteiger partial charge in [0.05, 0.1) is 5.56 Å². The molecular formula is C14H16F3NO2. The second kappa shape index (κ2) is 5.09. The molecule has 0 bridgehead atoms. The summed E-state index contributed by atoms with van der Waals surface area (Å²) in [6.07, 6.45) is -2.29. The van der Waals surface area contributed by atoms with Gasteiger partial charge in [0.1, 0.15) is 5.60 Å². The van der Waals surface area contributed by atoms with Gasteiger partial charge >= 0.3 is 6.18 Å². The largest absolute Gasteiger partial charge is 0.416 e. The van der Waals surface area contributed by atoms with Gasteiger partial charge in [-0.3, -0.25) is 4.79 Å². The van der Waals surface area contributed by atoms with Gasteiger partial charge < -0.3 is 10.4 Å². The number of carbonyl (C=O) groups excluding carboxylic acids is 1. The predicted molar refractivity (Wildman–Crippen MR) is 68.2 cm³/mol. The molecule has 20 heavy (non-hydrogen) atoms. The van der Waals surface area contributed by atoms with E-state index in [4.69, 9.17) is 0 Å². The predicted octanol–water partition coefficient (Wildman–Crippen LogP) is 3.26. The number of benzene rings is 1. The maximum atomic E-state index is 12.7. The number of aliphatic hydroxyl groups is 1. The first-order valence-corrected chi connectivity index (χ1v) is 6.44. The third-order valence-electron chi connectivity index (χ3n) is 3.67. The van der Waals surface area contributed by atoms with Crippen molar-refractivity contribution in [3.05, 3.63) is 29.3 Å². The second-order valence-corrected chi connectivity index (χ2v) is 5.22. The van der Waals surface area contributed by atoms with E-state index in [2.05, 4.69) is 5.32 Å². The molecule has 2 rings (SSSR count). The van der Waals surface area contributed by atoms with E-state index in [0.29, 0.717) is 18.4 Å². The summed E-state index contributed by atoms with van der Waals surface area (Å²) in [6, 6.07) is 3.16. The Morgan fingerprint density at radius 3 is 2.45 bits per heavy atom. The highest BCUT2D eigenvalue weighted by atomic mass is 19.4. The minimum atomic E-state index is -4.46. The number of hydrogen-bond acceptors (Lipinski definition) is 2. The monoisotopic (exact) mass is 287 g/mol. The Kier molecular flexibility index (Phi) is 3.77. The smallest absolute Gasteiger partial charge is 0.380 e. The van der Waals surface area contributed by atoms with Gasteiger partial charge in [-0.15, -0.1) is 0 Å². The number of alkyl halides is 3. The Labute approximate surface area is 114 Å². The van der Waals surface area contributed by atoms with Crippen molar-refractivity contribution in [1.29, 1.82) is 0 Å². The summed E-state index contributed by atoms with van der Waals surface area (Å²) in [5.41, 5.74) is -1.67. The fourth-order valence-corrected chi connectivity index (χ4v) is 2.36. The molecule has 3 nitrogen and oxygen atoms in total. The lowest BCUT2D eigenvalue weighted by molar-refractivity contribution is -0.137. The quantitative estimate of drug-likeness (QED) is 0.877. The van der Waals surface area contributed by atoms with E-state index in [1.165, 1.54) is 6.07 Å². The highest BCUT2D eigenvalue weighted by Crippen LogP contribution is 2.34. The van der Waals surface area contributed by atoms with E-state index < -0.39 is 23.2 Å². The number of hydrogen-bond donors (Lipinski definition) is 2. The lowest BCUT2D eigenvalue weighted by Crippen LogP contribution is -2.40. The van der Waals surface area contributed by atoms with Gasteiger partial charge in [0.15, 0.2) is 0 Å². The van der Waals surface area contributed by atoms with Gasteiger partial charge in [0, 0.05) is 5.69 Å². The molecule has 1 aliphatic rings. The van der Waals surface area contributed by atoms with Crippen LogP contribution < -0.4 is 5.32 Å². The first-order valence-electron chi connectivity index (χ1n) is 6.44. The van der Waals surface area contributed by atoms with Crippen LogP contribution in [-0.4, -0.2) is 16.6 Å². The Balaban J connectivity index is 2.22. The van der Waals surface area contributed by atoms with Crippen LogP contribution in [0, 0.1) is 6.92 Å². The summed E-state index contributed by atoms with van der Waals surface area (Å²) in [5.74, 6) is -0.627. The Morgan fingerprint density at radius 1 is 1.30 bits per heavy atom. The Bertz CT molecular complexity index is 520. The molecule has 1 aromatic carbocycles. The highest BCUT2D eigenvalue weighted by molar-refractivity contribution is 5.97. The summed E-state index contributed by atoms with van der Waals surface area (Å²) in [6.45, 7) is 1.61. The molecule has 0 aromatic heterocycles. The third-order valence-corrected chi connectivity index (χ3v) is 3.67. The van der Waals surface area contributed by atoms with Crippen LogP contribution >= 0.6 is 0 Å². The van der Waals surface area contributed by atoms with Crippen molar-refractivity contribution < 1.29 is 23.1 Å². The number of aryl methyl sites for hydroxylation is 1. The van der Waals surface area contributed by atoms with E-state index in [0.717, 1.165) is 25.0 Å². The maximum absolute atomic E-state index is 12.7. The third kappa shape index (κ3) is 2.95. The van der Waals surface area contributed by atoms with Gasteiger partial charge in [0.2, 0.25) is 0 Å². The SMILES string of the molecule is Cc1ccc(C(F)(F)F)cc1NC(=O)C1(O)CCCC1. The summed E-state index contributed by atoms with van der Waals surface area (Å²) in [4.78, 5) is 12.0. The van der Waals surface area contributed by atoms with Crippen molar-refractivity contribution in [1.82, 2.24) is 0 Å². The van der Waals surface area contributed by atoms with Gasteiger partial charge in [0.25, 0.3) is 5.91 Å². The lowest BCUT2D eigenvalue weighted by atomic mass is 10.0. The van der Waals surface area contributed by atoms with Gasteiger partial charge in [-0.1, -0.05) is 6.07 Å². The second-order valence-electron chi connectivity index (χ2n) is 5.22. The summed E-state index contributed by atoms with van der Waals surface area (Å²) >= 11 is 0. The summed E-state index contributed by atoms with van der Waals surface area (Å²) < 4.78 is 38.0. The van der Waals surface area contributed by atoms with E-state index in [-0.39, 0.29) is 5.69 Å².